The Labute approximate surface area is 119 Å². The van der Waals surface area contributed by atoms with Gasteiger partial charge in [-0.1, -0.05) is 13.8 Å². The predicted molar refractivity (Wildman–Crippen MR) is 78.0 cm³/mol. The number of non-ortho nitro benzene ring substituents is 1. The number of hydrogen-bond donors (Lipinski definition) is 1. The molecule has 1 aromatic rings. The van der Waals surface area contributed by atoms with Crippen LogP contribution in [-0.2, 0) is 0 Å². The summed E-state index contributed by atoms with van der Waals surface area (Å²) in [7, 11) is 0. The fourth-order valence-electron chi connectivity index (χ4n) is 2.36. The summed E-state index contributed by atoms with van der Waals surface area (Å²) in [6.45, 7) is 6.98. The van der Waals surface area contributed by atoms with Crippen molar-refractivity contribution >= 4 is 5.69 Å². The van der Waals surface area contributed by atoms with Gasteiger partial charge in [-0.05, 0) is 36.3 Å². The van der Waals surface area contributed by atoms with Crippen molar-refractivity contribution in [2.24, 2.45) is 11.3 Å². The van der Waals surface area contributed by atoms with Crippen LogP contribution >= 0.6 is 0 Å². The highest BCUT2D eigenvalue weighted by molar-refractivity contribution is 5.35. The van der Waals surface area contributed by atoms with E-state index in [9.17, 15) is 10.1 Å². The third kappa shape index (κ3) is 3.70. The Kier molecular flexibility index (Phi) is 4.60. The number of nitrogens with one attached hydrogen (secondary N) is 1. The summed E-state index contributed by atoms with van der Waals surface area (Å²) < 4.78 is 5.55. The van der Waals surface area contributed by atoms with Crippen molar-refractivity contribution in [3.8, 4) is 5.75 Å². The van der Waals surface area contributed by atoms with Crippen molar-refractivity contribution < 1.29 is 9.66 Å². The van der Waals surface area contributed by atoms with E-state index in [-0.39, 0.29) is 5.69 Å². The number of benzene rings is 1. The van der Waals surface area contributed by atoms with Gasteiger partial charge in [-0.2, -0.15) is 0 Å². The molecular weight excluding hydrogens is 256 g/mol. The van der Waals surface area contributed by atoms with Crippen molar-refractivity contribution in [1.29, 1.82) is 0 Å². The molecular formula is C15H22N2O3. The van der Waals surface area contributed by atoms with E-state index >= 15 is 0 Å². The number of hydrogen-bond acceptors (Lipinski definition) is 4. The second-order valence-corrected chi connectivity index (χ2v) is 5.79. The van der Waals surface area contributed by atoms with Crippen molar-refractivity contribution in [1.82, 2.24) is 5.32 Å². The minimum atomic E-state index is -0.410. The van der Waals surface area contributed by atoms with Crippen molar-refractivity contribution in [2.75, 3.05) is 19.7 Å². The average molecular weight is 278 g/mol. The molecule has 1 saturated carbocycles. The number of rotatable bonds is 8. The van der Waals surface area contributed by atoms with Crippen LogP contribution in [0.5, 0.6) is 5.75 Å². The van der Waals surface area contributed by atoms with Gasteiger partial charge in [0.2, 0.25) is 0 Å². The Morgan fingerprint density at radius 1 is 1.35 bits per heavy atom. The molecule has 0 atom stereocenters. The minimum Gasteiger partial charge on any atom is -0.492 e. The first-order valence-electron chi connectivity index (χ1n) is 7.11. The molecule has 0 aromatic heterocycles. The SMILES string of the molecule is CC(C)C1(CNCCOc2ccc([N+](=O)[O-])cc2)CC1. The molecule has 0 amide bonds. The first kappa shape index (κ1) is 14.8. The van der Waals surface area contributed by atoms with Gasteiger partial charge in [-0.15, -0.1) is 0 Å². The van der Waals surface area contributed by atoms with Crippen LogP contribution in [-0.4, -0.2) is 24.6 Å². The highest BCUT2D eigenvalue weighted by Gasteiger charge is 2.44. The molecule has 110 valence electrons. The van der Waals surface area contributed by atoms with Gasteiger partial charge in [0, 0.05) is 25.2 Å². The van der Waals surface area contributed by atoms with Crippen LogP contribution in [0.2, 0.25) is 0 Å². The largest absolute Gasteiger partial charge is 0.492 e. The zero-order valence-corrected chi connectivity index (χ0v) is 12.1. The zero-order valence-electron chi connectivity index (χ0n) is 12.1. The molecule has 1 N–H and O–H groups in total. The Bertz CT molecular complexity index is 453. The molecule has 5 heteroatoms. The van der Waals surface area contributed by atoms with Crippen LogP contribution < -0.4 is 10.1 Å². The second kappa shape index (κ2) is 6.22. The average Bonchev–Trinajstić information content (AvgIpc) is 3.20. The molecule has 0 bridgehead atoms. The lowest BCUT2D eigenvalue weighted by molar-refractivity contribution is -0.384. The third-order valence-electron chi connectivity index (χ3n) is 4.19. The van der Waals surface area contributed by atoms with E-state index in [0.717, 1.165) is 19.0 Å². The van der Waals surface area contributed by atoms with Gasteiger partial charge in [-0.3, -0.25) is 10.1 Å². The van der Waals surface area contributed by atoms with Crippen molar-refractivity contribution in [2.45, 2.75) is 26.7 Å². The lowest BCUT2D eigenvalue weighted by Gasteiger charge is -2.20. The summed E-state index contributed by atoms with van der Waals surface area (Å²) in [5, 5.41) is 14.0. The zero-order chi connectivity index (χ0) is 14.6. The van der Waals surface area contributed by atoms with Gasteiger partial charge in [0.25, 0.3) is 5.69 Å². The van der Waals surface area contributed by atoms with E-state index in [4.69, 9.17) is 4.74 Å². The number of ether oxygens (including phenoxy) is 1. The fraction of sp³-hybridized carbons (Fsp3) is 0.600. The summed E-state index contributed by atoms with van der Waals surface area (Å²) in [6, 6.07) is 6.19. The maximum Gasteiger partial charge on any atom is 0.269 e. The molecule has 1 aromatic carbocycles. The Balaban J connectivity index is 1.65. The number of nitro groups is 1. The maximum absolute atomic E-state index is 10.5. The summed E-state index contributed by atoms with van der Waals surface area (Å²) in [5.74, 6) is 1.40. The smallest absolute Gasteiger partial charge is 0.269 e. The quantitative estimate of drug-likeness (QED) is 0.451. The molecule has 0 aliphatic heterocycles. The van der Waals surface area contributed by atoms with Crippen LogP contribution in [0.4, 0.5) is 5.69 Å². The van der Waals surface area contributed by atoms with Gasteiger partial charge in [0.15, 0.2) is 0 Å². The standard InChI is InChI=1S/C15H22N2O3/c1-12(2)15(7-8-15)11-16-9-10-20-14-5-3-13(4-6-14)17(18)19/h3-6,12,16H,7-11H2,1-2H3. The van der Waals surface area contributed by atoms with Gasteiger partial charge < -0.3 is 10.1 Å². The van der Waals surface area contributed by atoms with Crippen LogP contribution in [0.15, 0.2) is 24.3 Å². The summed E-state index contributed by atoms with van der Waals surface area (Å²) in [5.41, 5.74) is 0.593. The summed E-state index contributed by atoms with van der Waals surface area (Å²) >= 11 is 0. The van der Waals surface area contributed by atoms with Crippen molar-refractivity contribution in [3.63, 3.8) is 0 Å². The van der Waals surface area contributed by atoms with Crippen LogP contribution in [0.3, 0.4) is 0 Å². The van der Waals surface area contributed by atoms with Crippen LogP contribution in [0, 0.1) is 21.4 Å². The molecule has 0 spiro atoms. The predicted octanol–water partition coefficient (Wildman–Crippen LogP) is 3.00. The van der Waals surface area contributed by atoms with Gasteiger partial charge >= 0.3 is 0 Å². The first-order chi connectivity index (χ1) is 9.53. The number of nitro benzene ring substituents is 1. The Hall–Kier alpha value is -1.62. The number of nitrogens with zero attached hydrogens (tertiary/aromatic N) is 1. The van der Waals surface area contributed by atoms with E-state index in [2.05, 4.69) is 19.2 Å². The molecule has 2 rings (SSSR count). The summed E-state index contributed by atoms with van der Waals surface area (Å²) in [4.78, 5) is 10.1. The summed E-state index contributed by atoms with van der Waals surface area (Å²) in [6.07, 6.45) is 2.64. The lowest BCUT2D eigenvalue weighted by atomic mass is 9.92. The lowest BCUT2D eigenvalue weighted by Crippen LogP contribution is -2.30. The second-order valence-electron chi connectivity index (χ2n) is 5.79. The Morgan fingerprint density at radius 2 is 2.00 bits per heavy atom. The van der Waals surface area contributed by atoms with Gasteiger partial charge in [-0.25, -0.2) is 0 Å². The monoisotopic (exact) mass is 278 g/mol. The van der Waals surface area contributed by atoms with E-state index in [1.54, 1.807) is 12.1 Å². The van der Waals surface area contributed by atoms with Crippen LogP contribution in [0.25, 0.3) is 0 Å². The molecule has 20 heavy (non-hydrogen) atoms. The topological polar surface area (TPSA) is 64.4 Å². The molecule has 1 aliphatic carbocycles. The minimum absolute atomic E-state index is 0.0862. The normalized spacial score (nSPS) is 16.1. The third-order valence-corrected chi connectivity index (χ3v) is 4.19. The van der Waals surface area contributed by atoms with Gasteiger partial charge in [0.1, 0.15) is 12.4 Å². The van der Waals surface area contributed by atoms with E-state index in [1.165, 1.54) is 25.0 Å². The Morgan fingerprint density at radius 3 is 2.50 bits per heavy atom. The molecule has 0 heterocycles. The van der Waals surface area contributed by atoms with E-state index in [0.29, 0.717) is 17.8 Å². The molecule has 1 fully saturated rings. The van der Waals surface area contributed by atoms with Crippen LogP contribution in [0.1, 0.15) is 26.7 Å². The van der Waals surface area contributed by atoms with E-state index in [1.807, 2.05) is 0 Å². The molecule has 0 saturated heterocycles. The maximum atomic E-state index is 10.5. The molecule has 0 unspecified atom stereocenters. The molecule has 5 nitrogen and oxygen atoms in total. The molecule has 1 aliphatic rings. The van der Waals surface area contributed by atoms with Gasteiger partial charge in [0.05, 0.1) is 4.92 Å². The first-order valence-corrected chi connectivity index (χ1v) is 7.11. The van der Waals surface area contributed by atoms with Crippen molar-refractivity contribution in [3.05, 3.63) is 34.4 Å². The highest BCUT2D eigenvalue weighted by atomic mass is 16.6. The molecule has 0 radical (unpaired) electrons. The fourth-order valence-corrected chi connectivity index (χ4v) is 2.36. The highest BCUT2D eigenvalue weighted by Crippen LogP contribution is 2.51. The van der Waals surface area contributed by atoms with E-state index < -0.39 is 4.92 Å².